The normalized spacial score (nSPS) is 15.7. The molecule has 1 aliphatic carbocycles. The lowest BCUT2D eigenvalue weighted by Gasteiger charge is -2.40. The minimum atomic E-state index is -0.732. The maximum atomic E-state index is 12.6. The third-order valence-electron chi connectivity index (χ3n) is 6.77. The fourth-order valence-electron chi connectivity index (χ4n) is 4.77. The Morgan fingerprint density at radius 1 is 1.18 bits per heavy atom. The predicted molar refractivity (Wildman–Crippen MR) is 130 cm³/mol. The van der Waals surface area contributed by atoms with E-state index in [2.05, 4.69) is 21.4 Å². The number of nitrogens with one attached hydrogen (secondary N) is 2. The molecule has 0 aliphatic heterocycles. The molecule has 0 saturated heterocycles. The molecule has 1 aromatic carbocycles. The number of aromatic nitrogens is 3. The second-order valence-electron chi connectivity index (χ2n) is 9.21. The van der Waals surface area contributed by atoms with Crippen LogP contribution in [0.25, 0.3) is 16.6 Å². The summed E-state index contributed by atoms with van der Waals surface area (Å²) in [6.07, 6.45) is 6.56. The molecular weight excluding hydrogens is 430 g/mol. The van der Waals surface area contributed by atoms with E-state index in [1.807, 2.05) is 30.1 Å². The van der Waals surface area contributed by atoms with Crippen molar-refractivity contribution in [3.8, 4) is 0 Å². The van der Waals surface area contributed by atoms with E-state index in [0.29, 0.717) is 18.7 Å². The number of benzene rings is 1. The summed E-state index contributed by atoms with van der Waals surface area (Å²) in [6, 6.07) is 14.6. The molecule has 34 heavy (non-hydrogen) atoms. The van der Waals surface area contributed by atoms with E-state index in [1.54, 1.807) is 24.4 Å². The summed E-state index contributed by atoms with van der Waals surface area (Å²) in [4.78, 5) is 34.6. The van der Waals surface area contributed by atoms with Crippen LogP contribution in [0.4, 0.5) is 0 Å². The maximum absolute atomic E-state index is 12.6. The largest absolute Gasteiger partial charge is 0.376 e. The van der Waals surface area contributed by atoms with Crippen molar-refractivity contribution < 1.29 is 9.90 Å². The molecule has 3 heterocycles. The van der Waals surface area contributed by atoms with Crippen molar-refractivity contribution in [1.82, 2.24) is 24.6 Å². The highest BCUT2D eigenvalue weighted by molar-refractivity contribution is 5.92. The number of carbonyl (C=O) groups excluding carboxylic acids is 1. The lowest BCUT2D eigenvalue weighted by molar-refractivity contribution is -0.124. The summed E-state index contributed by atoms with van der Waals surface area (Å²) < 4.78 is 1.40. The summed E-state index contributed by atoms with van der Waals surface area (Å²) in [6.45, 7) is 0.957. The first-order chi connectivity index (χ1) is 16.4. The second kappa shape index (κ2) is 9.04. The van der Waals surface area contributed by atoms with Gasteiger partial charge in [-0.3, -0.25) is 18.9 Å². The number of aliphatic hydroxyl groups is 1. The van der Waals surface area contributed by atoms with Crippen LogP contribution in [0.3, 0.4) is 0 Å². The van der Waals surface area contributed by atoms with Crippen molar-refractivity contribution in [2.24, 2.45) is 0 Å². The Morgan fingerprint density at radius 3 is 2.82 bits per heavy atom. The topological polar surface area (TPSA) is 103 Å². The Balaban J connectivity index is 1.27. The smallest absolute Gasteiger partial charge is 0.270 e. The molecule has 1 fully saturated rings. The van der Waals surface area contributed by atoms with Crippen LogP contribution in [0.5, 0.6) is 0 Å². The average molecular weight is 460 g/mol. The molecule has 3 N–H and O–H groups in total. The van der Waals surface area contributed by atoms with Crippen molar-refractivity contribution in [3.05, 3.63) is 82.0 Å². The molecule has 0 spiro atoms. The monoisotopic (exact) mass is 459 g/mol. The van der Waals surface area contributed by atoms with Gasteiger partial charge in [-0.05, 0) is 67.9 Å². The Labute approximate surface area is 197 Å². The number of aromatic amines is 1. The van der Waals surface area contributed by atoms with Crippen LogP contribution in [0, 0.1) is 0 Å². The van der Waals surface area contributed by atoms with Gasteiger partial charge in [-0.15, -0.1) is 0 Å². The molecule has 5 rings (SSSR count). The number of hydrogen-bond acceptors (Lipinski definition) is 5. The van der Waals surface area contributed by atoms with Crippen LogP contribution in [0.15, 0.2) is 59.5 Å². The number of pyridine rings is 1. The van der Waals surface area contributed by atoms with Gasteiger partial charge in [-0.1, -0.05) is 24.6 Å². The van der Waals surface area contributed by atoms with Crippen molar-refractivity contribution in [2.75, 3.05) is 7.05 Å². The van der Waals surface area contributed by atoms with Crippen molar-refractivity contribution >= 4 is 22.5 Å². The maximum Gasteiger partial charge on any atom is 0.270 e. The van der Waals surface area contributed by atoms with Crippen molar-refractivity contribution in [3.63, 3.8) is 0 Å². The van der Waals surface area contributed by atoms with E-state index >= 15 is 0 Å². The van der Waals surface area contributed by atoms with Gasteiger partial charge in [0, 0.05) is 36.6 Å². The molecule has 176 valence electrons. The molecule has 1 aliphatic rings. The molecule has 0 radical (unpaired) electrons. The number of nitrogens with zero attached hydrogens (tertiary/aromatic N) is 3. The molecule has 8 nitrogen and oxygen atoms in total. The molecule has 8 heteroatoms. The lowest BCUT2D eigenvalue weighted by Crippen LogP contribution is -2.47. The third-order valence-corrected chi connectivity index (χ3v) is 6.77. The molecule has 4 aromatic rings. The Hall–Kier alpha value is -3.49. The van der Waals surface area contributed by atoms with Crippen molar-refractivity contribution in [1.29, 1.82) is 0 Å². The van der Waals surface area contributed by atoms with Crippen LogP contribution in [0.1, 0.15) is 53.8 Å². The lowest BCUT2D eigenvalue weighted by atomic mass is 9.90. The molecular formula is C26H29N5O3. The van der Waals surface area contributed by atoms with Crippen LogP contribution < -0.4 is 10.9 Å². The summed E-state index contributed by atoms with van der Waals surface area (Å²) in [7, 11) is 1.98. The number of hydrogen-bond donors (Lipinski definition) is 3. The SMILES string of the molecule is CN(Cc1cc2ccc(CNC(=O)c3cc(=O)n4ccccc4n3)cc2[nH]1)C1(O)CCCCC1. The number of carbonyl (C=O) groups is 1. The van der Waals surface area contributed by atoms with Gasteiger partial charge in [0.25, 0.3) is 11.5 Å². The molecule has 0 unspecified atom stereocenters. The van der Waals surface area contributed by atoms with Gasteiger partial charge < -0.3 is 15.4 Å². The fourth-order valence-corrected chi connectivity index (χ4v) is 4.77. The quantitative estimate of drug-likeness (QED) is 0.384. The van der Waals surface area contributed by atoms with Crippen LogP contribution in [0.2, 0.25) is 0 Å². The summed E-state index contributed by atoms with van der Waals surface area (Å²) in [5.41, 5.74) is 2.47. The Morgan fingerprint density at radius 2 is 2.00 bits per heavy atom. The fraction of sp³-hybridized carbons (Fsp3) is 0.346. The van der Waals surface area contributed by atoms with E-state index in [-0.39, 0.29) is 11.3 Å². The van der Waals surface area contributed by atoms with E-state index in [4.69, 9.17) is 0 Å². The first-order valence-electron chi connectivity index (χ1n) is 11.7. The Kier molecular flexibility index (Phi) is 5.93. The van der Waals surface area contributed by atoms with Gasteiger partial charge in [0.2, 0.25) is 0 Å². The second-order valence-corrected chi connectivity index (χ2v) is 9.21. The highest BCUT2D eigenvalue weighted by Crippen LogP contribution is 2.31. The number of rotatable bonds is 6. The molecule has 3 aromatic heterocycles. The van der Waals surface area contributed by atoms with Gasteiger partial charge in [-0.2, -0.15) is 0 Å². The van der Waals surface area contributed by atoms with E-state index in [9.17, 15) is 14.7 Å². The Bertz CT molecular complexity index is 1400. The number of amides is 1. The van der Waals surface area contributed by atoms with Gasteiger partial charge >= 0.3 is 0 Å². The third kappa shape index (κ3) is 4.47. The van der Waals surface area contributed by atoms with Crippen LogP contribution >= 0.6 is 0 Å². The zero-order valence-corrected chi connectivity index (χ0v) is 19.3. The minimum absolute atomic E-state index is 0.100. The zero-order chi connectivity index (χ0) is 23.7. The summed E-state index contributed by atoms with van der Waals surface area (Å²) in [5, 5.41) is 14.9. The number of H-pyrrole nitrogens is 1. The zero-order valence-electron chi connectivity index (χ0n) is 19.3. The van der Waals surface area contributed by atoms with E-state index in [1.165, 1.54) is 16.9 Å². The highest BCUT2D eigenvalue weighted by Gasteiger charge is 2.33. The summed E-state index contributed by atoms with van der Waals surface area (Å²) in [5.74, 6) is -0.391. The standard InChI is InChI=1S/C26H29N5O3/c1-30(26(34)10-4-2-5-11-26)17-20-14-19-9-8-18(13-21(19)28-20)16-27-25(33)22-15-24(32)31-12-6-3-7-23(31)29-22/h3,6-9,12-15,28,34H,2,4-5,10-11,16-17H2,1H3,(H,27,33). The number of fused-ring (bicyclic) bond motifs is 2. The van der Waals surface area contributed by atoms with Crippen molar-refractivity contribution in [2.45, 2.75) is 50.9 Å². The summed E-state index contributed by atoms with van der Waals surface area (Å²) >= 11 is 0. The van der Waals surface area contributed by atoms with Gasteiger partial charge in [0.1, 0.15) is 17.1 Å². The average Bonchev–Trinajstić information content (AvgIpc) is 3.24. The molecule has 1 saturated carbocycles. The van der Waals surface area contributed by atoms with Crippen LogP contribution in [-0.2, 0) is 13.1 Å². The first-order valence-corrected chi connectivity index (χ1v) is 11.7. The van der Waals surface area contributed by atoms with Gasteiger partial charge in [0.05, 0.1) is 0 Å². The molecule has 1 amide bonds. The van der Waals surface area contributed by atoms with Gasteiger partial charge in [0.15, 0.2) is 0 Å². The molecule has 0 bridgehead atoms. The highest BCUT2D eigenvalue weighted by atomic mass is 16.3. The van der Waals surface area contributed by atoms with E-state index in [0.717, 1.165) is 47.8 Å². The minimum Gasteiger partial charge on any atom is -0.376 e. The van der Waals surface area contributed by atoms with Gasteiger partial charge in [-0.25, -0.2) is 4.98 Å². The van der Waals surface area contributed by atoms with E-state index < -0.39 is 11.6 Å². The van der Waals surface area contributed by atoms with Crippen LogP contribution in [-0.4, -0.2) is 43.1 Å². The molecule has 0 atom stereocenters. The first kappa shape index (κ1) is 22.3. The predicted octanol–water partition coefficient (Wildman–Crippen LogP) is 3.19.